The third-order valence-electron chi connectivity index (χ3n) is 5.73. The Morgan fingerprint density at radius 2 is 1.93 bits per heavy atom. The molecule has 8 heteroatoms. The highest BCUT2D eigenvalue weighted by Crippen LogP contribution is 2.38. The maximum atomic E-state index is 13.2. The monoisotopic (exact) mass is 376 g/mol. The lowest BCUT2D eigenvalue weighted by molar-refractivity contribution is -0.155. The van der Waals surface area contributed by atoms with Crippen molar-refractivity contribution in [1.29, 1.82) is 0 Å². The molecule has 3 rings (SSSR count). The van der Waals surface area contributed by atoms with Gasteiger partial charge in [0, 0.05) is 38.0 Å². The molecular formula is C19H28N4O4. The zero-order chi connectivity index (χ0) is 19.6. The van der Waals surface area contributed by atoms with Gasteiger partial charge >= 0.3 is 0 Å². The SMILES string of the molecule is COCCN1CCCC2(CCCN2C(=O)Cc2c(C)nc(C)[nH]c2=O)C1=O. The van der Waals surface area contributed by atoms with Gasteiger partial charge < -0.3 is 19.5 Å². The van der Waals surface area contributed by atoms with Crippen molar-refractivity contribution in [1.82, 2.24) is 19.8 Å². The van der Waals surface area contributed by atoms with Crippen molar-refractivity contribution < 1.29 is 14.3 Å². The number of carbonyl (C=O) groups is 2. The maximum absolute atomic E-state index is 13.2. The number of nitrogens with zero attached hydrogens (tertiary/aromatic N) is 3. The van der Waals surface area contributed by atoms with Gasteiger partial charge in [-0.15, -0.1) is 0 Å². The summed E-state index contributed by atoms with van der Waals surface area (Å²) in [6.07, 6.45) is 3.01. The molecule has 0 radical (unpaired) electrons. The molecule has 1 aromatic heterocycles. The molecule has 0 aromatic carbocycles. The van der Waals surface area contributed by atoms with Crippen molar-refractivity contribution in [3.63, 3.8) is 0 Å². The number of amides is 2. The van der Waals surface area contributed by atoms with Crippen LogP contribution in [0.15, 0.2) is 4.79 Å². The van der Waals surface area contributed by atoms with E-state index < -0.39 is 5.54 Å². The second-order valence-corrected chi connectivity index (χ2v) is 7.46. The molecule has 0 saturated carbocycles. The minimum absolute atomic E-state index is 0.0179. The van der Waals surface area contributed by atoms with E-state index in [1.807, 2.05) is 4.90 Å². The Morgan fingerprint density at radius 3 is 2.59 bits per heavy atom. The molecule has 2 fully saturated rings. The molecule has 2 saturated heterocycles. The molecule has 0 bridgehead atoms. The maximum Gasteiger partial charge on any atom is 0.254 e. The van der Waals surface area contributed by atoms with Crippen molar-refractivity contribution in [3.8, 4) is 0 Å². The van der Waals surface area contributed by atoms with E-state index in [1.54, 1.807) is 25.9 Å². The average Bonchev–Trinajstić information content (AvgIpc) is 3.04. The van der Waals surface area contributed by atoms with Crippen LogP contribution in [0, 0.1) is 13.8 Å². The second kappa shape index (κ2) is 7.80. The van der Waals surface area contributed by atoms with Gasteiger partial charge in [0.2, 0.25) is 11.8 Å². The van der Waals surface area contributed by atoms with Crippen LogP contribution in [-0.4, -0.2) is 70.5 Å². The van der Waals surface area contributed by atoms with Gasteiger partial charge in [-0.2, -0.15) is 0 Å². The molecule has 2 aliphatic heterocycles. The van der Waals surface area contributed by atoms with Crippen LogP contribution in [0.5, 0.6) is 0 Å². The minimum Gasteiger partial charge on any atom is -0.383 e. The summed E-state index contributed by atoms with van der Waals surface area (Å²) in [7, 11) is 1.62. The number of hydrogen-bond donors (Lipinski definition) is 1. The van der Waals surface area contributed by atoms with Crippen LogP contribution in [0.1, 0.15) is 42.8 Å². The fraction of sp³-hybridized carbons (Fsp3) is 0.684. The summed E-state index contributed by atoms with van der Waals surface area (Å²) in [5.74, 6) is 0.376. The highest BCUT2D eigenvalue weighted by atomic mass is 16.5. The Bertz CT molecular complexity index is 790. The number of carbonyl (C=O) groups excluding carboxylic acids is 2. The number of nitrogens with one attached hydrogen (secondary N) is 1. The van der Waals surface area contributed by atoms with E-state index in [-0.39, 0.29) is 23.8 Å². The van der Waals surface area contributed by atoms with Crippen LogP contribution in [0.3, 0.4) is 0 Å². The van der Waals surface area contributed by atoms with Gasteiger partial charge in [0.1, 0.15) is 11.4 Å². The largest absolute Gasteiger partial charge is 0.383 e. The summed E-state index contributed by atoms with van der Waals surface area (Å²) in [4.78, 5) is 49.0. The highest BCUT2D eigenvalue weighted by molar-refractivity contribution is 5.93. The third kappa shape index (κ3) is 3.63. The standard InChI is InChI=1S/C19H28N4O4/c1-13-15(17(25)21-14(2)20-13)12-16(24)23-9-5-7-19(23)6-4-8-22(18(19)26)10-11-27-3/h4-12H2,1-3H3,(H,20,21,25). The molecule has 1 unspecified atom stereocenters. The van der Waals surface area contributed by atoms with Crippen molar-refractivity contribution in [2.75, 3.05) is 33.4 Å². The van der Waals surface area contributed by atoms with Crippen molar-refractivity contribution >= 4 is 11.8 Å². The van der Waals surface area contributed by atoms with E-state index in [1.165, 1.54) is 0 Å². The molecule has 2 aliphatic rings. The Kier molecular flexibility index (Phi) is 5.64. The number of ether oxygens (including phenoxy) is 1. The predicted octanol–water partition coefficient (Wildman–Crippen LogP) is 0.559. The first-order chi connectivity index (χ1) is 12.9. The normalized spacial score (nSPS) is 22.7. The number of aromatic amines is 1. The molecule has 1 N–H and O–H groups in total. The van der Waals surface area contributed by atoms with Crippen molar-refractivity contribution in [3.05, 3.63) is 27.4 Å². The average molecular weight is 376 g/mol. The molecule has 148 valence electrons. The van der Waals surface area contributed by atoms with Gasteiger partial charge in [-0.05, 0) is 39.5 Å². The minimum atomic E-state index is -0.762. The first-order valence-corrected chi connectivity index (χ1v) is 9.54. The number of aryl methyl sites for hydroxylation is 2. The molecule has 8 nitrogen and oxygen atoms in total. The number of methoxy groups -OCH3 is 1. The number of piperidine rings is 1. The summed E-state index contributed by atoms with van der Waals surface area (Å²) in [6.45, 7) is 5.73. The van der Waals surface area contributed by atoms with Gasteiger partial charge in [-0.3, -0.25) is 14.4 Å². The van der Waals surface area contributed by atoms with Crippen LogP contribution < -0.4 is 5.56 Å². The Labute approximate surface area is 158 Å². The smallest absolute Gasteiger partial charge is 0.254 e. The van der Waals surface area contributed by atoms with Gasteiger partial charge in [-0.25, -0.2) is 4.98 Å². The molecule has 1 spiro atoms. The Hall–Kier alpha value is -2.22. The Balaban J connectivity index is 1.82. The zero-order valence-corrected chi connectivity index (χ0v) is 16.3. The van der Waals surface area contributed by atoms with Gasteiger partial charge in [0.25, 0.3) is 5.56 Å². The number of H-pyrrole nitrogens is 1. The molecule has 2 amide bonds. The molecule has 0 aliphatic carbocycles. The summed E-state index contributed by atoms with van der Waals surface area (Å²) in [5.41, 5.74) is -0.0954. The van der Waals surface area contributed by atoms with Gasteiger partial charge in [0.15, 0.2) is 0 Å². The fourth-order valence-electron chi connectivity index (χ4n) is 4.41. The van der Waals surface area contributed by atoms with Crippen molar-refractivity contribution in [2.24, 2.45) is 0 Å². The van der Waals surface area contributed by atoms with E-state index in [2.05, 4.69) is 9.97 Å². The quantitative estimate of drug-likeness (QED) is 0.810. The fourth-order valence-corrected chi connectivity index (χ4v) is 4.41. The molecule has 27 heavy (non-hydrogen) atoms. The third-order valence-corrected chi connectivity index (χ3v) is 5.73. The lowest BCUT2D eigenvalue weighted by atomic mass is 9.85. The molecule has 1 aromatic rings. The topological polar surface area (TPSA) is 95.6 Å². The number of aromatic nitrogens is 2. The molecule has 3 heterocycles. The van der Waals surface area contributed by atoms with E-state index >= 15 is 0 Å². The number of likely N-dealkylation sites (tertiary alicyclic amines) is 2. The number of hydrogen-bond acceptors (Lipinski definition) is 5. The highest BCUT2D eigenvalue weighted by Gasteiger charge is 2.52. The first-order valence-electron chi connectivity index (χ1n) is 9.54. The van der Waals surface area contributed by atoms with Gasteiger partial charge in [-0.1, -0.05) is 0 Å². The summed E-state index contributed by atoms with van der Waals surface area (Å²) in [5, 5.41) is 0. The van der Waals surface area contributed by atoms with Crippen LogP contribution in [-0.2, 0) is 20.7 Å². The van der Waals surface area contributed by atoms with E-state index in [0.29, 0.717) is 56.2 Å². The second-order valence-electron chi connectivity index (χ2n) is 7.46. The van der Waals surface area contributed by atoms with E-state index in [4.69, 9.17) is 4.74 Å². The van der Waals surface area contributed by atoms with Crippen LogP contribution >= 0.6 is 0 Å². The summed E-state index contributed by atoms with van der Waals surface area (Å²) >= 11 is 0. The summed E-state index contributed by atoms with van der Waals surface area (Å²) in [6, 6.07) is 0. The van der Waals surface area contributed by atoms with Crippen LogP contribution in [0.25, 0.3) is 0 Å². The zero-order valence-electron chi connectivity index (χ0n) is 16.3. The van der Waals surface area contributed by atoms with E-state index in [0.717, 1.165) is 12.8 Å². The van der Waals surface area contributed by atoms with Crippen LogP contribution in [0.4, 0.5) is 0 Å². The molecular weight excluding hydrogens is 348 g/mol. The summed E-state index contributed by atoms with van der Waals surface area (Å²) < 4.78 is 5.11. The lowest BCUT2D eigenvalue weighted by Gasteiger charge is -2.44. The van der Waals surface area contributed by atoms with Gasteiger partial charge in [0.05, 0.1) is 13.0 Å². The van der Waals surface area contributed by atoms with E-state index in [9.17, 15) is 14.4 Å². The molecule has 1 atom stereocenters. The first kappa shape index (κ1) is 19.5. The predicted molar refractivity (Wildman–Crippen MR) is 99.4 cm³/mol. The number of rotatable bonds is 5. The van der Waals surface area contributed by atoms with Crippen LogP contribution in [0.2, 0.25) is 0 Å². The lowest BCUT2D eigenvalue weighted by Crippen LogP contribution is -2.62. The Morgan fingerprint density at radius 1 is 1.22 bits per heavy atom. The van der Waals surface area contributed by atoms with Crippen molar-refractivity contribution in [2.45, 2.75) is 51.5 Å².